The predicted octanol–water partition coefficient (Wildman–Crippen LogP) is 3.38. The summed E-state index contributed by atoms with van der Waals surface area (Å²) < 4.78 is 45.3. The standard InChI is InChI=1S/C17H18ClFN2O4S/c1-4-25-14-9-8-11(10-15(14)26(23,24)21(2)3)20-17(22)16-12(18)6-5-7-13(16)19/h5-10H,4H2,1-3H3,(H,20,22). The molecule has 140 valence electrons. The minimum absolute atomic E-state index is 0.0467. The minimum atomic E-state index is -3.81. The second kappa shape index (κ2) is 8.03. The van der Waals surface area contributed by atoms with Crippen molar-refractivity contribution >= 4 is 33.2 Å². The Morgan fingerprint density at radius 3 is 2.54 bits per heavy atom. The Bertz CT molecular complexity index is 912. The number of ether oxygens (including phenoxy) is 1. The van der Waals surface area contributed by atoms with E-state index in [0.717, 1.165) is 10.4 Å². The molecule has 0 aliphatic carbocycles. The highest BCUT2D eigenvalue weighted by Gasteiger charge is 2.24. The largest absolute Gasteiger partial charge is 0.492 e. The molecule has 0 atom stereocenters. The minimum Gasteiger partial charge on any atom is -0.492 e. The quantitative estimate of drug-likeness (QED) is 0.806. The van der Waals surface area contributed by atoms with Gasteiger partial charge in [-0.05, 0) is 37.3 Å². The summed E-state index contributed by atoms with van der Waals surface area (Å²) in [6, 6.07) is 8.03. The molecule has 0 saturated heterocycles. The molecule has 26 heavy (non-hydrogen) atoms. The highest BCUT2D eigenvalue weighted by molar-refractivity contribution is 7.89. The fourth-order valence-corrected chi connectivity index (χ4v) is 3.47. The molecule has 0 radical (unpaired) electrons. The molecular formula is C17H18ClFN2O4S. The van der Waals surface area contributed by atoms with E-state index >= 15 is 0 Å². The zero-order chi connectivity index (χ0) is 19.5. The van der Waals surface area contributed by atoms with Crippen LogP contribution in [0.2, 0.25) is 5.02 Å². The molecule has 0 aliphatic rings. The van der Waals surface area contributed by atoms with Crippen LogP contribution in [0.1, 0.15) is 17.3 Å². The lowest BCUT2D eigenvalue weighted by Gasteiger charge is -2.17. The number of rotatable bonds is 6. The third kappa shape index (κ3) is 4.14. The zero-order valence-electron chi connectivity index (χ0n) is 14.4. The summed E-state index contributed by atoms with van der Waals surface area (Å²) in [6.07, 6.45) is 0. The molecule has 1 N–H and O–H groups in total. The van der Waals surface area contributed by atoms with Crippen molar-refractivity contribution in [1.82, 2.24) is 4.31 Å². The molecule has 1 amide bonds. The lowest BCUT2D eigenvalue weighted by Crippen LogP contribution is -2.23. The Labute approximate surface area is 156 Å². The van der Waals surface area contributed by atoms with Crippen LogP contribution in [0.3, 0.4) is 0 Å². The van der Waals surface area contributed by atoms with Gasteiger partial charge in [0.15, 0.2) is 0 Å². The number of nitrogens with zero attached hydrogens (tertiary/aromatic N) is 1. The van der Waals surface area contributed by atoms with E-state index in [1.807, 2.05) is 0 Å². The Morgan fingerprint density at radius 2 is 1.96 bits per heavy atom. The van der Waals surface area contributed by atoms with E-state index in [0.29, 0.717) is 0 Å². The zero-order valence-corrected chi connectivity index (χ0v) is 16.0. The van der Waals surface area contributed by atoms with Crippen LogP contribution in [-0.4, -0.2) is 39.3 Å². The van der Waals surface area contributed by atoms with Gasteiger partial charge in [-0.15, -0.1) is 0 Å². The van der Waals surface area contributed by atoms with Gasteiger partial charge in [0.2, 0.25) is 10.0 Å². The van der Waals surface area contributed by atoms with Crippen LogP contribution in [0.15, 0.2) is 41.3 Å². The first-order valence-electron chi connectivity index (χ1n) is 7.63. The maximum absolute atomic E-state index is 13.9. The Balaban J connectivity index is 2.44. The summed E-state index contributed by atoms with van der Waals surface area (Å²) in [5.74, 6) is -1.41. The van der Waals surface area contributed by atoms with Gasteiger partial charge in [-0.1, -0.05) is 17.7 Å². The van der Waals surface area contributed by atoms with Crippen LogP contribution in [0.4, 0.5) is 10.1 Å². The summed E-state index contributed by atoms with van der Waals surface area (Å²) >= 11 is 5.88. The summed E-state index contributed by atoms with van der Waals surface area (Å²) in [5.41, 5.74) is -0.154. The lowest BCUT2D eigenvalue weighted by molar-refractivity contribution is 0.102. The first kappa shape index (κ1) is 20.2. The number of hydrogen-bond acceptors (Lipinski definition) is 4. The van der Waals surface area contributed by atoms with Crippen LogP contribution in [0.25, 0.3) is 0 Å². The maximum atomic E-state index is 13.9. The molecule has 0 spiro atoms. The number of hydrogen-bond donors (Lipinski definition) is 1. The SMILES string of the molecule is CCOc1ccc(NC(=O)c2c(F)cccc2Cl)cc1S(=O)(=O)N(C)C. The van der Waals surface area contributed by atoms with Crippen LogP contribution in [-0.2, 0) is 10.0 Å². The normalized spacial score (nSPS) is 11.5. The van der Waals surface area contributed by atoms with Crippen molar-refractivity contribution in [3.05, 3.63) is 52.8 Å². The number of carbonyl (C=O) groups excluding carboxylic acids is 1. The van der Waals surface area contributed by atoms with E-state index in [4.69, 9.17) is 16.3 Å². The molecule has 2 aromatic rings. The topological polar surface area (TPSA) is 75.7 Å². The van der Waals surface area contributed by atoms with Crippen molar-refractivity contribution in [2.24, 2.45) is 0 Å². The van der Waals surface area contributed by atoms with Crippen molar-refractivity contribution in [2.45, 2.75) is 11.8 Å². The fraction of sp³-hybridized carbons (Fsp3) is 0.235. The molecule has 0 heterocycles. The van der Waals surface area contributed by atoms with E-state index in [1.54, 1.807) is 6.92 Å². The van der Waals surface area contributed by atoms with Gasteiger partial charge < -0.3 is 10.1 Å². The number of benzene rings is 2. The van der Waals surface area contributed by atoms with Crippen LogP contribution < -0.4 is 10.1 Å². The van der Waals surface area contributed by atoms with Gasteiger partial charge in [-0.2, -0.15) is 0 Å². The van der Waals surface area contributed by atoms with Crippen LogP contribution in [0.5, 0.6) is 5.75 Å². The van der Waals surface area contributed by atoms with E-state index in [2.05, 4.69) is 5.32 Å². The summed E-state index contributed by atoms with van der Waals surface area (Å²) in [5, 5.41) is 2.41. The Kier molecular flexibility index (Phi) is 6.22. The molecule has 0 aromatic heterocycles. The van der Waals surface area contributed by atoms with Crippen molar-refractivity contribution < 1.29 is 22.3 Å². The Hall–Kier alpha value is -2.16. The van der Waals surface area contributed by atoms with Gasteiger partial charge in [0.05, 0.1) is 17.2 Å². The predicted molar refractivity (Wildman–Crippen MR) is 97.8 cm³/mol. The van der Waals surface area contributed by atoms with Crippen molar-refractivity contribution in [3.8, 4) is 5.75 Å². The fourth-order valence-electron chi connectivity index (χ4n) is 2.17. The Morgan fingerprint density at radius 1 is 1.27 bits per heavy atom. The van der Waals surface area contributed by atoms with E-state index in [1.165, 1.54) is 44.4 Å². The molecule has 0 bridgehead atoms. The molecule has 0 unspecified atom stereocenters. The van der Waals surface area contributed by atoms with Gasteiger partial charge in [-0.3, -0.25) is 4.79 Å². The highest BCUT2D eigenvalue weighted by atomic mass is 35.5. The van der Waals surface area contributed by atoms with Gasteiger partial charge in [0, 0.05) is 19.8 Å². The maximum Gasteiger partial charge on any atom is 0.260 e. The monoisotopic (exact) mass is 400 g/mol. The first-order chi connectivity index (χ1) is 12.2. The average Bonchev–Trinajstić information content (AvgIpc) is 2.56. The van der Waals surface area contributed by atoms with E-state index < -0.39 is 21.7 Å². The number of amides is 1. The van der Waals surface area contributed by atoms with Gasteiger partial charge in [-0.25, -0.2) is 17.1 Å². The second-order valence-electron chi connectivity index (χ2n) is 5.43. The molecule has 0 saturated carbocycles. The highest BCUT2D eigenvalue weighted by Crippen LogP contribution is 2.30. The third-order valence-electron chi connectivity index (χ3n) is 3.45. The molecular weight excluding hydrogens is 383 g/mol. The third-order valence-corrected chi connectivity index (χ3v) is 5.60. The first-order valence-corrected chi connectivity index (χ1v) is 9.45. The number of carbonyl (C=O) groups is 1. The molecule has 2 aromatic carbocycles. The number of anilines is 1. The molecule has 2 rings (SSSR count). The smallest absolute Gasteiger partial charge is 0.260 e. The molecule has 0 aliphatic heterocycles. The summed E-state index contributed by atoms with van der Waals surface area (Å²) in [4.78, 5) is 12.2. The van der Waals surface area contributed by atoms with Gasteiger partial charge in [0.25, 0.3) is 5.91 Å². The van der Waals surface area contributed by atoms with Crippen LogP contribution in [0, 0.1) is 5.82 Å². The van der Waals surface area contributed by atoms with Crippen LogP contribution >= 0.6 is 11.6 Å². The molecule has 9 heteroatoms. The lowest BCUT2D eigenvalue weighted by atomic mass is 10.2. The van der Waals surface area contributed by atoms with Gasteiger partial charge in [0.1, 0.15) is 16.5 Å². The summed E-state index contributed by atoms with van der Waals surface area (Å²) in [6.45, 7) is 1.99. The molecule has 6 nitrogen and oxygen atoms in total. The number of nitrogens with one attached hydrogen (secondary N) is 1. The van der Waals surface area contributed by atoms with Crippen molar-refractivity contribution in [1.29, 1.82) is 0 Å². The summed E-state index contributed by atoms with van der Waals surface area (Å²) in [7, 11) is -1.04. The second-order valence-corrected chi connectivity index (χ2v) is 7.96. The van der Waals surface area contributed by atoms with Crippen molar-refractivity contribution in [3.63, 3.8) is 0 Å². The number of sulfonamides is 1. The number of halogens is 2. The molecule has 0 fully saturated rings. The van der Waals surface area contributed by atoms with E-state index in [-0.39, 0.29) is 33.5 Å². The van der Waals surface area contributed by atoms with E-state index in [9.17, 15) is 17.6 Å². The van der Waals surface area contributed by atoms with Gasteiger partial charge >= 0.3 is 0 Å². The van der Waals surface area contributed by atoms with Crippen molar-refractivity contribution in [2.75, 3.05) is 26.0 Å². The average molecular weight is 401 g/mol.